The molecule has 0 radical (unpaired) electrons. The monoisotopic (exact) mass is 1050 g/mol. The molecule has 19 heteroatoms. The number of aryl methyl sites for hydroxylation is 1. The Bertz CT molecular complexity index is 2770. The molecular formula is C58H70N8O11. The van der Waals surface area contributed by atoms with Crippen LogP contribution in [0.1, 0.15) is 92.3 Å². The van der Waals surface area contributed by atoms with Gasteiger partial charge in [-0.2, -0.15) is 0 Å². The highest BCUT2D eigenvalue weighted by molar-refractivity contribution is 6.25. The molecular weight excluding hydrogens is 985 g/mol. The van der Waals surface area contributed by atoms with E-state index < -0.39 is 29.7 Å². The number of hydrogen-bond donors (Lipinski definition) is 2. The minimum absolute atomic E-state index is 0.0803. The molecule has 5 aromatic rings. The lowest BCUT2D eigenvalue weighted by Crippen LogP contribution is -2.54. The first-order valence-electron chi connectivity index (χ1n) is 26.4. The predicted molar refractivity (Wildman–Crippen MR) is 287 cm³/mol. The van der Waals surface area contributed by atoms with E-state index in [2.05, 4.69) is 44.6 Å². The van der Waals surface area contributed by atoms with E-state index in [1.54, 1.807) is 36.8 Å². The number of ketones is 1. The maximum absolute atomic E-state index is 13.2. The van der Waals surface area contributed by atoms with E-state index in [4.69, 9.17) is 28.7 Å². The molecule has 3 aromatic carbocycles. The molecule has 5 amide bonds. The van der Waals surface area contributed by atoms with Crippen molar-refractivity contribution in [3.63, 3.8) is 0 Å². The Hall–Kier alpha value is -7.13. The van der Waals surface area contributed by atoms with E-state index in [0.717, 1.165) is 71.4 Å². The number of Topliss-reactive ketones (excluding diaryl/α,β-unsaturated/α-hetero) is 1. The van der Waals surface area contributed by atoms with Crippen molar-refractivity contribution in [2.45, 2.75) is 65.5 Å². The van der Waals surface area contributed by atoms with Gasteiger partial charge in [0.2, 0.25) is 17.7 Å². The number of nitrogens with one attached hydrogen (secondary N) is 2. The number of ether oxygens (including phenoxy) is 5. The molecule has 77 heavy (non-hydrogen) atoms. The topological polar surface area (TPSA) is 221 Å². The van der Waals surface area contributed by atoms with Gasteiger partial charge >= 0.3 is 0 Å². The summed E-state index contributed by atoms with van der Waals surface area (Å²) < 4.78 is 26.8. The van der Waals surface area contributed by atoms with Crippen molar-refractivity contribution in [1.82, 2.24) is 35.0 Å². The van der Waals surface area contributed by atoms with Crippen molar-refractivity contribution in [3.8, 4) is 11.3 Å². The van der Waals surface area contributed by atoms with E-state index in [9.17, 15) is 28.8 Å². The van der Waals surface area contributed by atoms with Gasteiger partial charge in [0.15, 0.2) is 5.78 Å². The van der Waals surface area contributed by atoms with Crippen molar-refractivity contribution in [2.75, 3.05) is 104 Å². The van der Waals surface area contributed by atoms with Crippen LogP contribution in [-0.4, -0.2) is 170 Å². The zero-order valence-electron chi connectivity index (χ0n) is 44.3. The highest BCUT2D eigenvalue weighted by Gasteiger charge is 2.45. The molecule has 5 heterocycles. The van der Waals surface area contributed by atoms with Crippen LogP contribution >= 0.6 is 0 Å². The fraction of sp³-hybridized carbons (Fsp3) is 0.431. The Morgan fingerprint density at radius 2 is 1.44 bits per heavy atom. The minimum Gasteiger partial charge on any atom is -0.382 e. The van der Waals surface area contributed by atoms with Gasteiger partial charge in [0, 0.05) is 107 Å². The molecule has 408 valence electrons. The SMILES string of the molecule is CCOCCC(=O)N1CCN(Cc2ccc(C(=O)Cc3ccc(C)c(Cc4nccc(-c5cccnc5)n4)c3)cc2)CC1.CCOCCOCCOCCOCCNc1cccc2c1C(=O)N(C1CCC(=O)NC1=O)C2=O. The summed E-state index contributed by atoms with van der Waals surface area (Å²) in [6, 6.07) is 23.9. The van der Waals surface area contributed by atoms with Crippen molar-refractivity contribution >= 4 is 41.0 Å². The number of carbonyl (C=O) groups is 6. The summed E-state index contributed by atoms with van der Waals surface area (Å²) in [5, 5.41) is 5.31. The minimum atomic E-state index is -0.989. The Balaban J connectivity index is 0.000000230. The number of nitrogens with zero attached hydrogens (tertiary/aromatic N) is 6. The van der Waals surface area contributed by atoms with Gasteiger partial charge in [0.05, 0.1) is 76.1 Å². The van der Waals surface area contributed by atoms with Gasteiger partial charge < -0.3 is 33.9 Å². The predicted octanol–water partition coefficient (Wildman–Crippen LogP) is 5.52. The van der Waals surface area contributed by atoms with Crippen LogP contribution < -0.4 is 10.6 Å². The highest BCUT2D eigenvalue weighted by Crippen LogP contribution is 2.32. The first-order chi connectivity index (χ1) is 37.5. The van der Waals surface area contributed by atoms with Gasteiger partial charge in [0.1, 0.15) is 11.9 Å². The van der Waals surface area contributed by atoms with Crippen molar-refractivity contribution in [1.29, 1.82) is 0 Å². The van der Waals surface area contributed by atoms with Crippen LogP contribution in [0.15, 0.2) is 97.5 Å². The van der Waals surface area contributed by atoms with Crippen LogP contribution in [-0.2, 0) is 57.5 Å². The fourth-order valence-electron chi connectivity index (χ4n) is 9.04. The number of aromatic nitrogens is 3. The van der Waals surface area contributed by atoms with Crippen LogP contribution in [0, 0.1) is 6.92 Å². The number of amides is 5. The van der Waals surface area contributed by atoms with Crippen LogP contribution in [0.3, 0.4) is 0 Å². The molecule has 0 aliphatic carbocycles. The van der Waals surface area contributed by atoms with Crippen LogP contribution in [0.25, 0.3) is 11.3 Å². The number of carbonyl (C=O) groups excluding carboxylic acids is 6. The maximum atomic E-state index is 13.2. The van der Waals surface area contributed by atoms with E-state index >= 15 is 0 Å². The lowest BCUT2D eigenvalue weighted by molar-refractivity contribution is -0.136. The number of piperidine rings is 1. The Morgan fingerprint density at radius 3 is 2.14 bits per heavy atom. The molecule has 19 nitrogen and oxygen atoms in total. The van der Waals surface area contributed by atoms with E-state index in [1.165, 1.54) is 5.56 Å². The standard InChI is InChI=1S/C35H39N5O3.C23H31N3O8/c1-3-43-20-13-35(42)40-18-16-39(17-19-40)25-27-8-10-29(11-9-27)33(41)22-28-7-6-26(2)31(21-28)23-34-37-15-12-32(38-34)30-5-4-14-36-24-30;1-2-31-10-11-33-14-15-34-13-12-32-9-8-24-17-5-3-4-16-20(17)23(30)26(22(16)29)18-6-7-19(27)25-21(18)28/h4-12,14-15,21,24H,3,13,16-20,22-23,25H2,1-2H3;3-5,18,24H,2,6-15H2,1H3,(H,25,27,28). The Labute approximate surface area is 450 Å². The van der Waals surface area contributed by atoms with Gasteiger partial charge in [-0.1, -0.05) is 48.5 Å². The molecule has 2 fully saturated rings. The van der Waals surface area contributed by atoms with Crippen molar-refractivity contribution in [2.24, 2.45) is 0 Å². The van der Waals surface area contributed by atoms with Gasteiger partial charge in [-0.15, -0.1) is 0 Å². The van der Waals surface area contributed by atoms with Crippen LogP contribution in [0.4, 0.5) is 5.69 Å². The summed E-state index contributed by atoms with van der Waals surface area (Å²) in [4.78, 5) is 93.6. The third-order valence-electron chi connectivity index (χ3n) is 13.2. The third-order valence-corrected chi connectivity index (χ3v) is 13.2. The van der Waals surface area contributed by atoms with E-state index in [-0.39, 0.29) is 35.7 Å². The number of piperazine rings is 1. The Morgan fingerprint density at radius 1 is 0.740 bits per heavy atom. The summed E-state index contributed by atoms with van der Waals surface area (Å²) in [6.45, 7) is 15.4. The number of imide groups is 2. The van der Waals surface area contributed by atoms with E-state index in [0.29, 0.717) is 103 Å². The second-order valence-electron chi connectivity index (χ2n) is 18.6. The second kappa shape index (κ2) is 30.0. The largest absolute Gasteiger partial charge is 0.382 e. The number of fused-ring (bicyclic) bond motifs is 1. The zero-order valence-corrected chi connectivity index (χ0v) is 44.3. The number of benzene rings is 3. The number of anilines is 1. The van der Waals surface area contributed by atoms with Crippen molar-refractivity contribution in [3.05, 3.63) is 142 Å². The molecule has 0 spiro atoms. The Kier molecular flexibility index (Phi) is 22.4. The van der Waals surface area contributed by atoms with Crippen LogP contribution in [0.5, 0.6) is 0 Å². The molecule has 2 aromatic heterocycles. The molecule has 2 N–H and O–H groups in total. The summed E-state index contributed by atoms with van der Waals surface area (Å²) in [7, 11) is 0. The number of rotatable bonds is 27. The quantitative estimate of drug-likeness (QED) is 0.0376. The van der Waals surface area contributed by atoms with Crippen LogP contribution in [0.2, 0.25) is 0 Å². The molecule has 0 saturated carbocycles. The average molecular weight is 1060 g/mol. The fourth-order valence-corrected chi connectivity index (χ4v) is 9.04. The summed E-state index contributed by atoms with van der Waals surface area (Å²) in [5.74, 6) is -1.12. The van der Waals surface area contributed by atoms with Gasteiger partial charge in [0.25, 0.3) is 11.8 Å². The molecule has 0 bridgehead atoms. The smallest absolute Gasteiger partial charge is 0.264 e. The molecule has 8 rings (SSSR count). The first kappa shape index (κ1) is 57.6. The molecule has 1 unspecified atom stereocenters. The summed E-state index contributed by atoms with van der Waals surface area (Å²) >= 11 is 0. The summed E-state index contributed by atoms with van der Waals surface area (Å²) in [5.41, 5.74) is 7.87. The molecule has 2 saturated heterocycles. The third kappa shape index (κ3) is 16.9. The first-order valence-corrected chi connectivity index (χ1v) is 26.4. The molecule has 1 atom stereocenters. The van der Waals surface area contributed by atoms with E-state index in [1.807, 2.05) is 67.3 Å². The average Bonchev–Trinajstić information content (AvgIpc) is 3.73. The highest BCUT2D eigenvalue weighted by atomic mass is 16.6. The lowest BCUT2D eigenvalue weighted by Gasteiger charge is -2.34. The van der Waals surface area contributed by atoms with Gasteiger partial charge in [-0.05, 0) is 79.8 Å². The van der Waals surface area contributed by atoms with Gasteiger partial charge in [-0.3, -0.25) is 48.9 Å². The number of hydrogen-bond acceptors (Lipinski definition) is 16. The number of pyridine rings is 1. The normalized spacial score (nSPS) is 15.5. The summed E-state index contributed by atoms with van der Waals surface area (Å²) in [6.07, 6.45) is 6.90. The van der Waals surface area contributed by atoms with Gasteiger partial charge in [-0.25, -0.2) is 9.97 Å². The second-order valence-corrected chi connectivity index (χ2v) is 18.6. The lowest BCUT2D eigenvalue weighted by atomic mass is 9.97. The zero-order chi connectivity index (χ0) is 54.4. The molecule has 3 aliphatic heterocycles. The maximum Gasteiger partial charge on any atom is 0.264 e. The van der Waals surface area contributed by atoms with Crippen molar-refractivity contribution < 1.29 is 52.5 Å². The molecule has 3 aliphatic rings.